The standard InChI is InChI=1S/C19H27N3O4/c1-10(2)7-8-19(6)17(25)22(18(26)21-19)9-14(24)16-11(3)15(13(5)23)12(4)20-16/h10,20H,7-9H2,1-6H3,(H,21,26)/t19-/m0/s1. The van der Waals surface area contributed by atoms with Crippen LogP contribution in [-0.2, 0) is 4.79 Å². The molecule has 1 aromatic heterocycles. The number of imide groups is 1. The van der Waals surface area contributed by atoms with Crippen molar-refractivity contribution in [3.8, 4) is 0 Å². The summed E-state index contributed by atoms with van der Waals surface area (Å²) < 4.78 is 0. The Morgan fingerprint density at radius 1 is 1.19 bits per heavy atom. The van der Waals surface area contributed by atoms with Crippen molar-refractivity contribution in [1.29, 1.82) is 0 Å². The highest BCUT2D eigenvalue weighted by atomic mass is 16.2. The number of nitrogens with zero attached hydrogens (tertiary/aromatic N) is 1. The fourth-order valence-corrected chi connectivity index (χ4v) is 3.42. The Kier molecular flexibility index (Phi) is 5.39. The summed E-state index contributed by atoms with van der Waals surface area (Å²) in [5.41, 5.74) is 0.927. The molecule has 1 aromatic rings. The molecule has 0 spiro atoms. The van der Waals surface area contributed by atoms with Crippen LogP contribution >= 0.6 is 0 Å². The van der Waals surface area contributed by atoms with Gasteiger partial charge >= 0.3 is 6.03 Å². The van der Waals surface area contributed by atoms with Crippen molar-refractivity contribution in [2.75, 3.05) is 6.54 Å². The lowest BCUT2D eigenvalue weighted by Gasteiger charge is -2.22. The normalized spacial score (nSPS) is 20.0. The number of amides is 3. The van der Waals surface area contributed by atoms with Crippen molar-refractivity contribution in [1.82, 2.24) is 15.2 Å². The van der Waals surface area contributed by atoms with Crippen LogP contribution in [0.2, 0.25) is 0 Å². The monoisotopic (exact) mass is 361 g/mol. The van der Waals surface area contributed by atoms with Crippen LogP contribution in [0.5, 0.6) is 0 Å². The molecule has 7 nitrogen and oxygen atoms in total. The van der Waals surface area contributed by atoms with E-state index < -0.39 is 17.4 Å². The average Bonchev–Trinajstić information content (AvgIpc) is 2.94. The smallest absolute Gasteiger partial charge is 0.325 e. The molecule has 0 radical (unpaired) electrons. The summed E-state index contributed by atoms with van der Waals surface area (Å²) in [6.07, 6.45) is 1.32. The molecule has 0 saturated carbocycles. The number of carbonyl (C=O) groups is 4. The van der Waals surface area contributed by atoms with E-state index in [9.17, 15) is 19.2 Å². The minimum Gasteiger partial charge on any atom is -0.355 e. The molecule has 0 aromatic carbocycles. The highest BCUT2D eigenvalue weighted by Crippen LogP contribution is 2.26. The van der Waals surface area contributed by atoms with Crippen LogP contribution in [0.3, 0.4) is 0 Å². The number of aromatic amines is 1. The molecule has 2 N–H and O–H groups in total. The average molecular weight is 361 g/mol. The van der Waals surface area contributed by atoms with Crippen molar-refractivity contribution < 1.29 is 19.2 Å². The van der Waals surface area contributed by atoms with E-state index in [2.05, 4.69) is 24.1 Å². The number of hydrogen-bond donors (Lipinski definition) is 2. The molecule has 2 heterocycles. The molecule has 0 unspecified atom stereocenters. The Balaban J connectivity index is 2.19. The highest BCUT2D eigenvalue weighted by Gasteiger charge is 2.48. The van der Waals surface area contributed by atoms with Gasteiger partial charge in [-0.25, -0.2) is 4.79 Å². The molecule has 142 valence electrons. The van der Waals surface area contributed by atoms with Gasteiger partial charge in [-0.2, -0.15) is 0 Å². The first-order valence-corrected chi connectivity index (χ1v) is 8.85. The van der Waals surface area contributed by atoms with E-state index in [0.29, 0.717) is 29.2 Å². The largest absolute Gasteiger partial charge is 0.355 e. The van der Waals surface area contributed by atoms with Gasteiger partial charge in [0.25, 0.3) is 5.91 Å². The fourth-order valence-electron chi connectivity index (χ4n) is 3.42. The Bertz CT molecular complexity index is 778. The van der Waals surface area contributed by atoms with E-state index in [1.54, 1.807) is 20.8 Å². The summed E-state index contributed by atoms with van der Waals surface area (Å²) in [5, 5.41) is 2.71. The SMILES string of the molecule is CC(=O)c1c(C)[nH]c(C(=O)CN2C(=O)N[C@@](C)(CCC(C)C)C2=O)c1C. The van der Waals surface area contributed by atoms with E-state index in [1.165, 1.54) is 6.92 Å². The molecule has 2 rings (SSSR count). The van der Waals surface area contributed by atoms with Crippen LogP contribution in [0.4, 0.5) is 4.79 Å². The first-order valence-electron chi connectivity index (χ1n) is 8.85. The minimum absolute atomic E-state index is 0.133. The molecule has 26 heavy (non-hydrogen) atoms. The van der Waals surface area contributed by atoms with Gasteiger partial charge in [0.05, 0.1) is 12.2 Å². The van der Waals surface area contributed by atoms with E-state index in [1.807, 2.05) is 0 Å². The van der Waals surface area contributed by atoms with Crippen molar-refractivity contribution in [2.24, 2.45) is 5.92 Å². The van der Waals surface area contributed by atoms with Crippen molar-refractivity contribution in [3.05, 3.63) is 22.5 Å². The number of aryl methyl sites for hydroxylation is 1. The quantitative estimate of drug-likeness (QED) is 0.576. The van der Waals surface area contributed by atoms with Crippen LogP contribution in [0.25, 0.3) is 0 Å². The Morgan fingerprint density at radius 3 is 2.31 bits per heavy atom. The number of Topliss-reactive ketones (excluding diaryl/α,β-unsaturated/α-hetero) is 2. The van der Waals surface area contributed by atoms with E-state index in [-0.39, 0.29) is 23.9 Å². The molecule has 0 aliphatic carbocycles. The number of carbonyl (C=O) groups excluding carboxylic acids is 4. The maximum Gasteiger partial charge on any atom is 0.325 e. The summed E-state index contributed by atoms with van der Waals surface area (Å²) in [4.78, 5) is 53.2. The maximum atomic E-state index is 12.7. The first kappa shape index (κ1) is 19.9. The lowest BCUT2D eigenvalue weighted by atomic mass is 9.92. The Labute approximate surface area is 153 Å². The number of nitrogens with one attached hydrogen (secondary N) is 2. The van der Waals surface area contributed by atoms with Gasteiger partial charge in [-0.05, 0) is 52.0 Å². The molecule has 3 amide bonds. The molecule has 1 fully saturated rings. The molecule has 1 saturated heterocycles. The van der Waals surface area contributed by atoms with Crippen LogP contribution in [-0.4, -0.2) is 45.5 Å². The van der Waals surface area contributed by atoms with E-state index in [0.717, 1.165) is 11.3 Å². The number of urea groups is 1. The molecule has 7 heteroatoms. The van der Waals surface area contributed by atoms with Crippen LogP contribution in [0.1, 0.15) is 72.6 Å². The summed E-state index contributed by atoms with van der Waals surface area (Å²) in [6.45, 7) is 10.3. The lowest BCUT2D eigenvalue weighted by molar-refractivity contribution is -0.130. The second-order valence-electron chi connectivity index (χ2n) is 7.69. The van der Waals surface area contributed by atoms with Gasteiger partial charge in [-0.3, -0.25) is 19.3 Å². The highest BCUT2D eigenvalue weighted by molar-refractivity contribution is 6.11. The number of rotatable bonds is 7. The van der Waals surface area contributed by atoms with Gasteiger partial charge in [-0.1, -0.05) is 13.8 Å². The van der Waals surface area contributed by atoms with Gasteiger partial charge in [0.15, 0.2) is 11.6 Å². The summed E-state index contributed by atoms with van der Waals surface area (Å²) in [7, 11) is 0. The molecule has 1 aliphatic rings. The van der Waals surface area contributed by atoms with E-state index >= 15 is 0 Å². The first-order chi connectivity index (χ1) is 12.0. The number of hydrogen-bond acceptors (Lipinski definition) is 4. The van der Waals surface area contributed by atoms with Crippen molar-refractivity contribution in [2.45, 2.75) is 59.9 Å². The minimum atomic E-state index is -0.979. The van der Waals surface area contributed by atoms with Crippen molar-refractivity contribution in [3.63, 3.8) is 0 Å². The van der Waals surface area contributed by atoms with Gasteiger partial charge in [0.1, 0.15) is 5.54 Å². The Hall–Kier alpha value is -2.44. The zero-order valence-electron chi connectivity index (χ0n) is 16.3. The zero-order valence-corrected chi connectivity index (χ0v) is 16.3. The van der Waals surface area contributed by atoms with Crippen LogP contribution < -0.4 is 5.32 Å². The summed E-state index contributed by atoms with van der Waals surface area (Å²) in [5.74, 6) is -0.507. The van der Waals surface area contributed by atoms with Crippen LogP contribution in [0, 0.1) is 19.8 Å². The van der Waals surface area contributed by atoms with Gasteiger partial charge in [0.2, 0.25) is 0 Å². The van der Waals surface area contributed by atoms with E-state index in [4.69, 9.17) is 0 Å². The second-order valence-corrected chi connectivity index (χ2v) is 7.69. The fraction of sp³-hybridized carbons (Fsp3) is 0.579. The van der Waals surface area contributed by atoms with Crippen molar-refractivity contribution >= 4 is 23.5 Å². The topological polar surface area (TPSA) is 99.3 Å². The second kappa shape index (κ2) is 7.05. The molecule has 1 atom stereocenters. The zero-order chi connectivity index (χ0) is 19.8. The molecule has 0 bridgehead atoms. The lowest BCUT2D eigenvalue weighted by Crippen LogP contribution is -2.44. The molecular formula is C19H27N3O4. The van der Waals surface area contributed by atoms with Crippen LogP contribution in [0.15, 0.2) is 0 Å². The summed E-state index contributed by atoms with van der Waals surface area (Å²) >= 11 is 0. The third-order valence-corrected chi connectivity index (χ3v) is 4.94. The molecule has 1 aliphatic heterocycles. The Morgan fingerprint density at radius 2 is 1.81 bits per heavy atom. The predicted octanol–water partition coefficient (Wildman–Crippen LogP) is 2.76. The number of H-pyrrole nitrogens is 1. The van der Waals surface area contributed by atoms with Gasteiger partial charge in [-0.15, -0.1) is 0 Å². The number of aromatic nitrogens is 1. The maximum absolute atomic E-state index is 12.7. The predicted molar refractivity (Wildman–Crippen MR) is 97.3 cm³/mol. The third kappa shape index (κ3) is 3.57. The third-order valence-electron chi connectivity index (χ3n) is 4.94. The van der Waals surface area contributed by atoms with Gasteiger partial charge < -0.3 is 10.3 Å². The molecular weight excluding hydrogens is 334 g/mol. The number of ketones is 2. The van der Waals surface area contributed by atoms with Gasteiger partial charge in [0, 0.05) is 11.3 Å². The summed E-state index contributed by atoms with van der Waals surface area (Å²) in [6, 6.07) is -0.553.